The summed E-state index contributed by atoms with van der Waals surface area (Å²) in [5, 5.41) is 8.36. The van der Waals surface area contributed by atoms with E-state index in [0.29, 0.717) is 47.3 Å². The molecule has 9 heteroatoms. The Morgan fingerprint density at radius 3 is 2.50 bits per heavy atom. The zero-order valence-electron chi connectivity index (χ0n) is 21.4. The lowest BCUT2D eigenvalue weighted by molar-refractivity contribution is -0.122. The van der Waals surface area contributed by atoms with Crippen molar-refractivity contribution in [3.63, 3.8) is 0 Å². The van der Waals surface area contributed by atoms with Crippen molar-refractivity contribution < 1.29 is 23.7 Å². The molecule has 3 aromatic carbocycles. The van der Waals surface area contributed by atoms with Crippen molar-refractivity contribution in [3.8, 4) is 33.4 Å². The maximum Gasteiger partial charge on any atom is 0.265 e. The smallest absolute Gasteiger partial charge is 0.265 e. The molecule has 1 aliphatic heterocycles. The first-order valence-corrected chi connectivity index (χ1v) is 12.9. The highest BCUT2D eigenvalue weighted by molar-refractivity contribution is 7.13. The van der Waals surface area contributed by atoms with Crippen molar-refractivity contribution in [2.24, 2.45) is 0 Å². The van der Waals surface area contributed by atoms with Gasteiger partial charge in [-0.25, -0.2) is 0 Å². The Hall–Kier alpha value is -4.37. The van der Waals surface area contributed by atoms with Crippen molar-refractivity contribution in [3.05, 3.63) is 77.2 Å². The number of anilines is 3. The number of methoxy groups -OCH3 is 3. The number of thiophene rings is 1. The van der Waals surface area contributed by atoms with E-state index < -0.39 is 6.10 Å². The minimum absolute atomic E-state index is 0.228. The van der Waals surface area contributed by atoms with E-state index >= 15 is 0 Å². The number of fused-ring (bicyclic) bond motifs is 1. The Balaban J connectivity index is 1.24. The summed E-state index contributed by atoms with van der Waals surface area (Å²) in [5.41, 5.74) is 11.1. The molecule has 196 valence electrons. The number of rotatable bonds is 9. The van der Waals surface area contributed by atoms with E-state index in [-0.39, 0.29) is 5.91 Å². The van der Waals surface area contributed by atoms with Gasteiger partial charge < -0.3 is 35.3 Å². The fourth-order valence-corrected chi connectivity index (χ4v) is 5.14. The molecule has 0 fully saturated rings. The number of carbonyl (C=O) groups excluding carboxylic acids is 1. The van der Waals surface area contributed by atoms with Crippen molar-refractivity contribution in [2.45, 2.75) is 19.1 Å². The van der Waals surface area contributed by atoms with Gasteiger partial charge in [-0.1, -0.05) is 24.3 Å². The lowest BCUT2D eigenvalue weighted by Gasteiger charge is -2.15. The second kappa shape index (κ2) is 10.9. The number of hydrogen-bond donors (Lipinski definition) is 3. The first-order valence-electron chi connectivity index (χ1n) is 12.1. The maximum atomic E-state index is 13.1. The van der Waals surface area contributed by atoms with Gasteiger partial charge >= 0.3 is 0 Å². The van der Waals surface area contributed by atoms with Crippen LogP contribution in [0.3, 0.4) is 0 Å². The molecule has 4 N–H and O–H groups in total. The Kier molecular flexibility index (Phi) is 7.28. The van der Waals surface area contributed by atoms with Crippen LogP contribution in [0.2, 0.25) is 0 Å². The summed E-state index contributed by atoms with van der Waals surface area (Å²) in [7, 11) is 4.75. The van der Waals surface area contributed by atoms with Gasteiger partial charge in [0.25, 0.3) is 5.91 Å². The lowest BCUT2D eigenvalue weighted by atomic mass is 10.1. The zero-order chi connectivity index (χ0) is 26.6. The lowest BCUT2D eigenvalue weighted by Crippen LogP contribution is -2.31. The average molecular weight is 532 g/mol. The zero-order valence-corrected chi connectivity index (χ0v) is 22.2. The highest BCUT2D eigenvalue weighted by atomic mass is 32.1. The van der Waals surface area contributed by atoms with Gasteiger partial charge in [-0.05, 0) is 46.3 Å². The largest absolute Gasteiger partial charge is 0.493 e. The number of nitrogens with one attached hydrogen (secondary N) is 2. The Bertz CT molecular complexity index is 1430. The number of carbonyl (C=O) groups is 1. The predicted octanol–water partition coefficient (Wildman–Crippen LogP) is 5.58. The van der Waals surface area contributed by atoms with Crippen molar-refractivity contribution in [2.75, 3.05) is 37.7 Å². The Morgan fingerprint density at radius 1 is 1.03 bits per heavy atom. The van der Waals surface area contributed by atoms with E-state index in [1.807, 2.05) is 60.0 Å². The normalized spacial score (nSPS) is 13.8. The van der Waals surface area contributed by atoms with Crippen molar-refractivity contribution >= 4 is 34.3 Å². The van der Waals surface area contributed by atoms with Crippen LogP contribution in [0.4, 0.5) is 17.1 Å². The van der Waals surface area contributed by atoms with Gasteiger partial charge in [0.15, 0.2) is 17.6 Å². The second-order valence-electron chi connectivity index (χ2n) is 8.79. The molecule has 8 nitrogen and oxygen atoms in total. The standard InChI is InChI=1S/C29H29N3O5S/c1-34-24-14-20(15-25(35-2)28(24)36-3)31-16-17-6-9-23-19(11-17)13-26(37-23)29(33)32-22-12-18(7-8-21(22)30)27-5-4-10-38-27/h4-12,14-15,26,31H,13,16,30H2,1-3H3,(H,32,33). The van der Waals surface area contributed by atoms with Crippen LogP contribution in [-0.2, 0) is 17.8 Å². The number of ether oxygens (including phenoxy) is 4. The third kappa shape index (κ3) is 5.19. The summed E-state index contributed by atoms with van der Waals surface area (Å²) in [6, 6.07) is 19.3. The molecule has 0 radical (unpaired) electrons. The van der Waals surface area contributed by atoms with Crippen molar-refractivity contribution in [1.29, 1.82) is 0 Å². The number of amides is 1. The van der Waals surface area contributed by atoms with E-state index in [0.717, 1.165) is 27.3 Å². The molecule has 2 heterocycles. The molecule has 38 heavy (non-hydrogen) atoms. The summed E-state index contributed by atoms with van der Waals surface area (Å²) < 4.78 is 22.2. The molecule has 1 aromatic heterocycles. The van der Waals surface area contributed by atoms with Gasteiger partial charge in [0.05, 0.1) is 32.7 Å². The summed E-state index contributed by atoms with van der Waals surface area (Å²) in [5.74, 6) is 2.18. The fraction of sp³-hybridized carbons (Fsp3) is 0.207. The minimum Gasteiger partial charge on any atom is -0.493 e. The fourth-order valence-electron chi connectivity index (χ4n) is 4.42. The molecule has 4 aromatic rings. The number of benzene rings is 3. The summed E-state index contributed by atoms with van der Waals surface area (Å²) in [4.78, 5) is 14.2. The molecular weight excluding hydrogens is 502 g/mol. The van der Waals surface area contributed by atoms with Crippen LogP contribution in [0.5, 0.6) is 23.0 Å². The summed E-state index contributed by atoms with van der Waals surface area (Å²) in [6.45, 7) is 0.564. The van der Waals surface area contributed by atoms with Crippen LogP contribution in [0, 0.1) is 0 Å². The topological polar surface area (TPSA) is 104 Å². The van der Waals surface area contributed by atoms with Gasteiger partial charge in [0.1, 0.15) is 5.75 Å². The molecule has 0 aliphatic carbocycles. The Labute approximate surface area is 225 Å². The maximum absolute atomic E-state index is 13.1. The molecule has 1 atom stereocenters. The van der Waals surface area contributed by atoms with Gasteiger partial charge in [-0.3, -0.25) is 4.79 Å². The molecular formula is C29H29N3O5S. The predicted molar refractivity (Wildman–Crippen MR) is 151 cm³/mol. The second-order valence-corrected chi connectivity index (χ2v) is 9.74. The van der Waals surface area contributed by atoms with Gasteiger partial charge in [0.2, 0.25) is 5.75 Å². The van der Waals surface area contributed by atoms with E-state index in [9.17, 15) is 4.79 Å². The summed E-state index contributed by atoms with van der Waals surface area (Å²) in [6.07, 6.45) is -0.155. The first kappa shape index (κ1) is 25.3. The highest BCUT2D eigenvalue weighted by Gasteiger charge is 2.29. The molecule has 1 unspecified atom stereocenters. The van der Waals surface area contributed by atoms with E-state index in [4.69, 9.17) is 24.7 Å². The van der Waals surface area contributed by atoms with Crippen LogP contribution in [0.25, 0.3) is 10.4 Å². The third-order valence-corrected chi connectivity index (χ3v) is 7.29. The van der Waals surface area contributed by atoms with Crippen molar-refractivity contribution in [1.82, 2.24) is 0 Å². The molecule has 1 aliphatic rings. The van der Waals surface area contributed by atoms with Crippen LogP contribution in [0.1, 0.15) is 11.1 Å². The van der Waals surface area contributed by atoms with Crippen LogP contribution in [-0.4, -0.2) is 33.3 Å². The highest BCUT2D eigenvalue weighted by Crippen LogP contribution is 2.40. The van der Waals surface area contributed by atoms with E-state index in [2.05, 4.69) is 16.7 Å². The number of hydrogen-bond acceptors (Lipinski definition) is 8. The van der Waals surface area contributed by atoms with E-state index in [1.54, 1.807) is 32.7 Å². The molecule has 0 saturated heterocycles. The van der Waals surface area contributed by atoms with Gasteiger partial charge in [-0.2, -0.15) is 0 Å². The average Bonchev–Trinajstić information content (AvgIpc) is 3.62. The summed E-state index contributed by atoms with van der Waals surface area (Å²) >= 11 is 1.63. The van der Waals surface area contributed by atoms with Crippen LogP contribution >= 0.6 is 11.3 Å². The molecule has 1 amide bonds. The van der Waals surface area contributed by atoms with Crippen LogP contribution < -0.4 is 35.3 Å². The number of nitrogens with two attached hydrogens (primary N) is 1. The monoisotopic (exact) mass is 531 g/mol. The quantitative estimate of drug-likeness (QED) is 0.242. The van der Waals surface area contributed by atoms with Gasteiger partial charge in [-0.15, -0.1) is 11.3 Å². The molecule has 5 rings (SSSR count). The third-order valence-electron chi connectivity index (χ3n) is 6.37. The minimum atomic E-state index is -0.631. The molecule has 0 saturated carbocycles. The molecule has 0 bridgehead atoms. The van der Waals surface area contributed by atoms with E-state index in [1.165, 1.54) is 0 Å². The van der Waals surface area contributed by atoms with Gasteiger partial charge in [0, 0.05) is 35.7 Å². The first-order chi connectivity index (χ1) is 18.5. The molecule has 0 spiro atoms. The Morgan fingerprint density at radius 2 is 1.82 bits per heavy atom. The van der Waals surface area contributed by atoms with Crippen LogP contribution in [0.15, 0.2) is 66.0 Å². The SMILES string of the molecule is COc1cc(NCc2ccc3c(c2)CC(C(=O)Nc2cc(-c4cccs4)ccc2N)O3)cc(OC)c1OC. The number of nitrogen functional groups attached to an aromatic ring is 1.